The SMILES string of the molecule is CC(NCCc1cnc[nH]1)c1cncs1. The predicted octanol–water partition coefficient (Wildman–Crippen LogP) is 1.76. The third kappa shape index (κ3) is 2.87. The molecule has 0 radical (unpaired) electrons. The van der Waals surface area contributed by atoms with Gasteiger partial charge in [-0.25, -0.2) is 4.98 Å². The van der Waals surface area contributed by atoms with Crippen molar-refractivity contribution in [3.05, 3.63) is 34.8 Å². The Morgan fingerprint density at radius 2 is 2.40 bits per heavy atom. The van der Waals surface area contributed by atoms with Crippen LogP contribution >= 0.6 is 11.3 Å². The maximum Gasteiger partial charge on any atom is 0.0921 e. The van der Waals surface area contributed by atoms with Crippen molar-refractivity contribution in [3.8, 4) is 0 Å². The highest BCUT2D eigenvalue weighted by Crippen LogP contribution is 2.15. The summed E-state index contributed by atoms with van der Waals surface area (Å²) in [5, 5.41) is 3.45. The number of aromatic nitrogens is 3. The Balaban J connectivity index is 1.74. The van der Waals surface area contributed by atoms with Gasteiger partial charge in [-0.1, -0.05) is 0 Å². The van der Waals surface area contributed by atoms with Gasteiger partial charge in [0.05, 0.1) is 11.8 Å². The average molecular weight is 222 g/mol. The third-order valence-electron chi connectivity index (χ3n) is 2.28. The number of H-pyrrole nitrogens is 1. The quantitative estimate of drug-likeness (QED) is 0.810. The molecule has 2 heterocycles. The van der Waals surface area contributed by atoms with Crippen LogP contribution in [0, 0.1) is 0 Å². The largest absolute Gasteiger partial charge is 0.348 e. The average Bonchev–Trinajstić information content (AvgIpc) is 2.90. The summed E-state index contributed by atoms with van der Waals surface area (Å²) >= 11 is 1.69. The van der Waals surface area contributed by atoms with Crippen molar-refractivity contribution in [1.29, 1.82) is 0 Å². The minimum absolute atomic E-state index is 0.375. The lowest BCUT2D eigenvalue weighted by molar-refractivity contribution is 0.581. The van der Waals surface area contributed by atoms with Crippen molar-refractivity contribution in [3.63, 3.8) is 0 Å². The summed E-state index contributed by atoms with van der Waals surface area (Å²) in [5.74, 6) is 0. The number of thiazole rings is 1. The van der Waals surface area contributed by atoms with E-state index in [1.807, 2.05) is 17.9 Å². The summed E-state index contributed by atoms with van der Waals surface area (Å²) in [7, 11) is 0. The third-order valence-corrected chi connectivity index (χ3v) is 3.24. The van der Waals surface area contributed by atoms with Crippen LogP contribution in [0.4, 0.5) is 0 Å². The van der Waals surface area contributed by atoms with Crippen LogP contribution in [-0.2, 0) is 6.42 Å². The Kier molecular flexibility index (Phi) is 3.47. The minimum Gasteiger partial charge on any atom is -0.348 e. The second-order valence-electron chi connectivity index (χ2n) is 3.41. The van der Waals surface area contributed by atoms with Gasteiger partial charge in [0.15, 0.2) is 0 Å². The lowest BCUT2D eigenvalue weighted by Crippen LogP contribution is -2.20. The van der Waals surface area contributed by atoms with Gasteiger partial charge in [0.25, 0.3) is 0 Å². The van der Waals surface area contributed by atoms with Crippen molar-refractivity contribution in [2.45, 2.75) is 19.4 Å². The predicted molar refractivity (Wildman–Crippen MR) is 60.8 cm³/mol. The van der Waals surface area contributed by atoms with Gasteiger partial charge < -0.3 is 10.3 Å². The molecule has 5 heteroatoms. The molecule has 15 heavy (non-hydrogen) atoms. The van der Waals surface area contributed by atoms with Crippen LogP contribution in [0.25, 0.3) is 0 Å². The zero-order chi connectivity index (χ0) is 10.5. The summed E-state index contributed by atoms with van der Waals surface area (Å²) in [6, 6.07) is 0.375. The van der Waals surface area contributed by atoms with E-state index < -0.39 is 0 Å². The highest BCUT2D eigenvalue weighted by atomic mass is 32.1. The molecule has 1 unspecified atom stereocenters. The number of imidazole rings is 1. The smallest absolute Gasteiger partial charge is 0.0921 e. The van der Waals surface area contributed by atoms with Gasteiger partial charge in [0.2, 0.25) is 0 Å². The molecule has 0 aliphatic heterocycles. The maximum absolute atomic E-state index is 4.06. The first-order valence-corrected chi connectivity index (χ1v) is 5.83. The first-order chi connectivity index (χ1) is 7.36. The van der Waals surface area contributed by atoms with Gasteiger partial charge in [0.1, 0.15) is 0 Å². The number of nitrogens with zero attached hydrogens (tertiary/aromatic N) is 2. The Morgan fingerprint density at radius 1 is 1.47 bits per heavy atom. The molecule has 0 fully saturated rings. The van der Waals surface area contributed by atoms with Crippen LogP contribution in [0.5, 0.6) is 0 Å². The van der Waals surface area contributed by atoms with E-state index in [1.54, 1.807) is 17.7 Å². The standard InChI is InChI=1S/C10H14N4S/c1-8(10-5-12-7-15-10)13-3-2-9-4-11-6-14-9/h4-8,13H,2-3H2,1H3,(H,11,14). The second kappa shape index (κ2) is 5.04. The number of hydrogen-bond acceptors (Lipinski definition) is 4. The summed E-state index contributed by atoms with van der Waals surface area (Å²) in [6.07, 6.45) is 6.46. The lowest BCUT2D eigenvalue weighted by atomic mass is 10.2. The molecule has 1 atom stereocenters. The first kappa shape index (κ1) is 10.3. The van der Waals surface area contributed by atoms with Crippen molar-refractivity contribution in [2.24, 2.45) is 0 Å². The molecule has 2 N–H and O–H groups in total. The molecular weight excluding hydrogens is 208 g/mol. The first-order valence-electron chi connectivity index (χ1n) is 4.95. The molecule has 0 aliphatic rings. The Labute approximate surface area is 92.8 Å². The monoisotopic (exact) mass is 222 g/mol. The van der Waals surface area contributed by atoms with E-state index in [0.29, 0.717) is 6.04 Å². The topological polar surface area (TPSA) is 53.6 Å². The van der Waals surface area contributed by atoms with Crippen molar-refractivity contribution < 1.29 is 0 Å². The van der Waals surface area contributed by atoms with Crippen molar-refractivity contribution in [2.75, 3.05) is 6.54 Å². The molecule has 0 aliphatic carbocycles. The van der Waals surface area contributed by atoms with Crippen LogP contribution < -0.4 is 5.32 Å². The maximum atomic E-state index is 4.06. The van der Waals surface area contributed by atoms with Crippen LogP contribution in [-0.4, -0.2) is 21.5 Å². The second-order valence-corrected chi connectivity index (χ2v) is 4.32. The fourth-order valence-electron chi connectivity index (χ4n) is 1.38. The Bertz CT molecular complexity index is 368. The highest BCUT2D eigenvalue weighted by molar-refractivity contribution is 7.09. The highest BCUT2D eigenvalue weighted by Gasteiger charge is 2.05. The molecule has 0 aromatic carbocycles. The van der Waals surface area contributed by atoms with Gasteiger partial charge in [-0.15, -0.1) is 11.3 Å². The van der Waals surface area contributed by atoms with Gasteiger partial charge in [-0.2, -0.15) is 0 Å². The van der Waals surface area contributed by atoms with Gasteiger partial charge in [-0.3, -0.25) is 4.98 Å². The van der Waals surface area contributed by atoms with Crippen LogP contribution in [0.15, 0.2) is 24.2 Å². The summed E-state index contributed by atoms with van der Waals surface area (Å²) in [6.45, 7) is 3.10. The zero-order valence-electron chi connectivity index (χ0n) is 8.60. The number of nitrogens with one attached hydrogen (secondary N) is 2. The molecule has 0 bridgehead atoms. The number of rotatable bonds is 5. The van der Waals surface area contributed by atoms with E-state index in [2.05, 4.69) is 27.2 Å². The Hall–Kier alpha value is -1.20. The normalized spacial score (nSPS) is 12.9. The van der Waals surface area contributed by atoms with Gasteiger partial charge in [0, 0.05) is 42.0 Å². The van der Waals surface area contributed by atoms with E-state index in [4.69, 9.17) is 0 Å². The zero-order valence-corrected chi connectivity index (χ0v) is 9.42. The molecule has 2 aromatic rings. The Morgan fingerprint density at radius 3 is 3.07 bits per heavy atom. The summed E-state index contributed by atoms with van der Waals surface area (Å²) < 4.78 is 0. The number of aromatic amines is 1. The minimum atomic E-state index is 0.375. The van der Waals surface area contributed by atoms with E-state index in [0.717, 1.165) is 13.0 Å². The molecule has 2 rings (SSSR count). The van der Waals surface area contributed by atoms with E-state index in [-0.39, 0.29) is 0 Å². The summed E-state index contributed by atoms with van der Waals surface area (Å²) in [4.78, 5) is 12.4. The molecular formula is C10H14N4S. The van der Waals surface area contributed by atoms with Crippen molar-refractivity contribution >= 4 is 11.3 Å². The van der Waals surface area contributed by atoms with Crippen molar-refractivity contribution in [1.82, 2.24) is 20.3 Å². The van der Waals surface area contributed by atoms with Gasteiger partial charge in [-0.05, 0) is 6.92 Å². The molecule has 0 amide bonds. The van der Waals surface area contributed by atoms with Crippen LogP contribution in [0.2, 0.25) is 0 Å². The lowest BCUT2D eigenvalue weighted by Gasteiger charge is -2.10. The molecule has 80 valence electrons. The molecule has 0 spiro atoms. The van der Waals surface area contributed by atoms with Gasteiger partial charge >= 0.3 is 0 Å². The van der Waals surface area contributed by atoms with E-state index in [1.165, 1.54) is 10.6 Å². The fourth-order valence-corrected chi connectivity index (χ4v) is 2.04. The molecule has 4 nitrogen and oxygen atoms in total. The molecule has 0 saturated carbocycles. The molecule has 0 saturated heterocycles. The summed E-state index contributed by atoms with van der Waals surface area (Å²) in [5.41, 5.74) is 3.03. The van der Waals surface area contributed by atoms with Crippen LogP contribution in [0.3, 0.4) is 0 Å². The van der Waals surface area contributed by atoms with E-state index >= 15 is 0 Å². The molecule has 2 aromatic heterocycles. The van der Waals surface area contributed by atoms with E-state index in [9.17, 15) is 0 Å². The number of hydrogen-bond donors (Lipinski definition) is 2. The fraction of sp³-hybridized carbons (Fsp3) is 0.400. The van der Waals surface area contributed by atoms with Crippen LogP contribution in [0.1, 0.15) is 23.5 Å².